The van der Waals surface area contributed by atoms with Gasteiger partial charge >= 0.3 is 0 Å². The molecule has 1 saturated heterocycles. The lowest BCUT2D eigenvalue weighted by Crippen LogP contribution is -2.32. The van der Waals surface area contributed by atoms with Crippen LogP contribution in [-0.4, -0.2) is 30.1 Å². The maximum atomic E-state index is 3.72. The third-order valence-corrected chi connectivity index (χ3v) is 4.16. The number of benzene rings is 1. The molecule has 0 bridgehead atoms. The summed E-state index contributed by atoms with van der Waals surface area (Å²) >= 11 is 0. The average molecular weight is 244 g/mol. The summed E-state index contributed by atoms with van der Waals surface area (Å²) in [4.78, 5) is 2.67. The van der Waals surface area contributed by atoms with E-state index in [1.54, 1.807) is 0 Å². The molecule has 1 heterocycles. The third kappa shape index (κ3) is 2.93. The Hall–Kier alpha value is -0.860. The van der Waals surface area contributed by atoms with E-state index in [1.165, 1.54) is 49.0 Å². The normalized spacial score (nSPS) is 24.7. The fourth-order valence-corrected chi connectivity index (χ4v) is 3.16. The predicted octanol–water partition coefficient (Wildman–Crippen LogP) is 2.63. The number of rotatable bonds is 4. The molecule has 2 heteroatoms. The zero-order chi connectivity index (χ0) is 12.5. The molecule has 2 nitrogen and oxygen atoms in total. The average Bonchev–Trinajstić information content (AvgIpc) is 3.05. The van der Waals surface area contributed by atoms with Crippen molar-refractivity contribution in [3.05, 3.63) is 34.9 Å². The van der Waals surface area contributed by atoms with Gasteiger partial charge in [-0.2, -0.15) is 0 Å². The van der Waals surface area contributed by atoms with E-state index in [0.717, 1.165) is 12.6 Å². The highest BCUT2D eigenvalue weighted by Crippen LogP contribution is 2.29. The summed E-state index contributed by atoms with van der Waals surface area (Å²) in [5, 5.41) is 3.72. The van der Waals surface area contributed by atoms with E-state index in [4.69, 9.17) is 0 Å². The van der Waals surface area contributed by atoms with Gasteiger partial charge in [-0.15, -0.1) is 0 Å². The van der Waals surface area contributed by atoms with Crippen LogP contribution < -0.4 is 5.32 Å². The Bertz CT molecular complexity index is 403. The molecule has 0 amide bonds. The van der Waals surface area contributed by atoms with Crippen LogP contribution >= 0.6 is 0 Å². The standard InChI is InChI=1S/C16H24N2/c1-12-7-13(2)9-14(8-12)10-17-15-5-6-18(11-15)16-3-4-16/h7-9,15-17H,3-6,10-11H2,1-2H3. The summed E-state index contributed by atoms with van der Waals surface area (Å²) in [6.07, 6.45) is 4.19. The van der Waals surface area contributed by atoms with Gasteiger partial charge in [0, 0.05) is 31.7 Å². The van der Waals surface area contributed by atoms with Crippen LogP contribution in [-0.2, 0) is 6.54 Å². The van der Waals surface area contributed by atoms with Crippen molar-refractivity contribution in [2.24, 2.45) is 0 Å². The van der Waals surface area contributed by atoms with E-state index in [0.29, 0.717) is 6.04 Å². The van der Waals surface area contributed by atoms with Crippen molar-refractivity contribution < 1.29 is 0 Å². The number of aryl methyl sites for hydroxylation is 2. The molecule has 3 rings (SSSR count). The molecule has 1 N–H and O–H groups in total. The van der Waals surface area contributed by atoms with Gasteiger partial charge in [-0.25, -0.2) is 0 Å². The van der Waals surface area contributed by atoms with Gasteiger partial charge in [-0.3, -0.25) is 4.90 Å². The van der Waals surface area contributed by atoms with Crippen molar-refractivity contribution in [3.63, 3.8) is 0 Å². The van der Waals surface area contributed by atoms with Crippen LogP contribution in [0.15, 0.2) is 18.2 Å². The molecule has 0 radical (unpaired) electrons. The van der Waals surface area contributed by atoms with Crippen LogP contribution in [0.4, 0.5) is 0 Å². The second kappa shape index (κ2) is 5.02. The largest absolute Gasteiger partial charge is 0.309 e. The fraction of sp³-hybridized carbons (Fsp3) is 0.625. The molecular weight excluding hydrogens is 220 g/mol. The van der Waals surface area contributed by atoms with Crippen molar-refractivity contribution in [2.75, 3.05) is 13.1 Å². The van der Waals surface area contributed by atoms with Crippen LogP contribution in [0.25, 0.3) is 0 Å². The Morgan fingerprint density at radius 3 is 2.50 bits per heavy atom. The summed E-state index contributed by atoms with van der Waals surface area (Å²) in [6.45, 7) is 7.94. The molecular formula is C16H24N2. The molecule has 1 unspecified atom stereocenters. The Labute approximate surface area is 110 Å². The second-order valence-corrected chi connectivity index (χ2v) is 6.09. The Kier molecular flexibility index (Phi) is 3.40. The molecule has 1 aromatic rings. The molecule has 1 saturated carbocycles. The fourth-order valence-electron chi connectivity index (χ4n) is 3.16. The summed E-state index contributed by atoms with van der Waals surface area (Å²) < 4.78 is 0. The first-order chi connectivity index (χ1) is 8.70. The first kappa shape index (κ1) is 12.2. The lowest BCUT2D eigenvalue weighted by Gasteiger charge is -2.16. The van der Waals surface area contributed by atoms with Crippen molar-refractivity contribution in [1.29, 1.82) is 0 Å². The molecule has 1 aromatic carbocycles. The molecule has 1 aliphatic carbocycles. The topological polar surface area (TPSA) is 15.3 Å². The number of hydrogen-bond donors (Lipinski definition) is 1. The van der Waals surface area contributed by atoms with E-state index in [9.17, 15) is 0 Å². The van der Waals surface area contributed by atoms with Gasteiger partial charge in [0.2, 0.25) is 0 Å². The quantitative estimate of drug-likeness (QED) is 0.876. The molecule has 0 spiro atoms. The highest BCUT2D eigenvalue weighted by molar-refractivity contribution is 5.28. The minimum absolute atomic E-state index is 0.700. The molecule has 2 aliphatic rings. The Morgan fingerprint density at radius 1 is 1.11 bits per heavy atom. The summed E-state index contributed by atoms with van der Waals surface area (Å²) in [6, 6.07) is 8.47. The number of nitrogens with zero attached hydrogens (tertiary/aromatic N) is 1. The highest BCUT2D eigenvalue weighted by Gasteiger charge is 2.33. The van der Waals surface area contributed by atoms with Gasteiger partial charge < -0.3 is 5.32 Å². The lowest BCUT2D eigenvalue weighted by atomic mass is 10.1. The van der Waals surface area contributed by atoms with Crippen LogP contribution in [0.5, 0.6) is 0 Å². The molecule has 1 aliphatic heterocycles. The highest BCUT2D eigenvalue weighted by atomic mass is 15.2. The van der Waals surface area contributed by atoms with Gasteiger partial charge in [0.25, 0.3) is 0 Å². The van der Waals surface area contributed by atoms with Gasteiger partial charge in [-0.1, -0.05) is 29.3 Å². The molecule has 0 aromatic heterocycles. The summed E-state index contributed by atoms with van der Waals surface area (Å²) in [5.41, 5.74) is 4.17. The number of nitrogens with one attached hydrogen (secondary N) is 1. The lowest BCUT2D eigenvalue weighted by molar-refractivity contribution is 0.317. The van der Waals surface area contributed by atoms with Crippen molar-refractivity contribution >= 4 is 0 Å². The van der Waals surface area contributed by atoms with E-state index in [-0.39, 0.29) is 0 Å². The zero-order valence-electron chi connectivity index (χ0n) is 11.6. The predicted molar refractivity (Wildman–Crippen MR) is 75.8 cm³/mol. The number of likely N-dealkylation sites (tertiary alicyclic amines) is 1. The maximum absolute atomic E-state index is 3.72. The van der Waals surface area contributed by atoms with E-state index in [2.05, 4.69) is 42.3 Å². The minimum Gasteiger partial charge on any atom is -0.309 e. The summed E-state index contributed by atoms with van der Waals surface area (Å²) in [7, 11) is 0. The van der Waals surface area contributed by atoms with Gasteiger partial charge in [0.15, 0.2) is 0 Å². The SMILES string of the molecule is Cc1cc(C)cc(CNC2CCN(C3CC3)C2)c1. The molecule has 18 heavy (non-hydrogen) atoms. The monoisotopic (exact) mass is 244 g/mol. The molecule has 2 fully saturated rings. The Balaban J connectivity index is 1.51. The van der Waals surface area contributed by atoms with Gasteiger partial charge in [0.1, 0.15) is 0 Å². The van der Waals surface area contributed by atoms with Crippen molar-refractivity contribution in [2.45, 2.75) is 51.7 Å². The smallest absolute Gasteiger partial charge is 0.0210 e. The first-order valence-corrected chi connectivity index (χ1v) is 7.25. The van der Waals surface area contributed by atoms with E-state index in [1.807, 2.05) is 0 Å². The summed E-state index contributed by atoms with van der Waals surface area (Å²) in [5.74, 6) is 0. The van der Waals surface area contributed by atoms with Gasteiger partial charge in [0.05, 0.1) is 0 Å². The van der Waals surface area contributed by atoms with Crippen LogP contribution in [0, 0.1) is 13.8 Å². The number of hydrogen-bond acceptors (Lipinski definition) is 2. The minimum atomic E-state index is 0.700. The van der Waals surface area contributed by atoms with Crippen LogP contribution in [0.2, 0.25) is 0 Å². The second-order valence-electron chi connectivity index (χ2n) is 6.09. The van der Waals surface area contributed by atoms with Crippen LogP contribution in [0.1, 0.15) is 36.0 Å². The van der Waals surface area contributed by atoms with Crippen LogP contribution in [0.3, 0.4) is 0 Å². The van der Waals surface area contributed by atoms with Gasteiger partial charge in [-0.05, 0) is 38.7 Å². The zero-order valence-corrected chi connectivity index (χ0v) is 11.6. The third-order valence-electron chi connectivity index (χ3n) is 4.16. The van der Waals surface area contributed by atoms with E-state index >= 15 is 0 Å². The Morgan fingerprint density at radius 2 is 1.83 bits per heavy atom. The maximum Gasteiger partial charge on any atom is 0.0210 e. The first-order valence-electron chi connectivity index (χ1n) is 7.25. The molecule has 1 atom stereocenters. The van der Waals surface area contributed by atoms with E-state index < -0.39 is 0 Å². The van der Waals surface area contributed by atoms with Crippen molar-refractivity contribution in [1.82, 2.24) is 10.2 Å². The van der Waals surface area contributed by atoms with Crippen molar-refractivity contribution in [3.8, 4) is 0 Å². The molecule has 98 valence electrons.